The second kappa shape index (κ2) is 8.66. The molecule has 0 spiro atoms. The molecule has 2 aliphatic rings. The highest BCUT2D eigenvalue weighted by molar-refractivity contribution is 6.01. The number of hydrogen-bond donors (Lipinski definition) is 0. The van der Waals surface area contributed by atoms with Gasteiger partial charge in [0.1, 0.15) is 6.04 Å². The summed E-state index contributed by atoms with van der Waals surface area (Å²) in [5.74, 6) is 0.113. The largest absolute Gasteiger partial charge is 0.493 e. The average molecular weight is 462 g/mol. The van der Waals surface area contributed by atoms with E-state index in [2.05, 4.69) is 12.1 Å². The summed E-state index contributed by atoms with van der Waals surface area (Å²) in [6.07, 6.45) is 3.79. The minimum Gasteiger partial charge on any atom is -0.493 e. The van der Waals surface area contributed by atoms with Gasteiger partial charge in [0.05, 0.1) is 32.4 Å². The number of carbonyl (C=O) groups is 1. The topological polar surface area (TPSA) is 86.4 Å². The zero-order valence-electron chi connectivity index (χ0n) is 19.4. The molecule has 0 amide bonds. The van der Waals surface area contributed by atoms with Gasteiger partial charge in [-0.2, -0.15) is 10.5 Å². The molecular formula is C29H23N3O3. The molecular weight excluding hydrogens is 438 g/mol. The summed E-state index contributed by atoms with van der Waals surface area (Å²) in [5.41, 5.74) is 1.45. The van der Waals surface area contributed by atoms with E-state index in [0.29, 0.717) is 22.6 Å². The Morgan fingerprint density at radius 2 is 1.60 bits per heavy atom. The van der Waals surface area contributed by atoms with Gasteiger partial charge in [0.2, 0.25) is 0 Å². The Hall–Kier alpha value is -4.55. The van der Waals surface area contributed by atoms with E-state index < -0.39 is 23.4 Å². The SMILES string of the molecule is COc1ccc(C2C(C(=O)c3ccccc3)N3C=Cc4ccccc4C3C2(C#N)C#N)cc1OC. The van der Waals surface area contributed by atoms with Crippen molar-refractivity contribution in [2.45, 2.75) is 18.0 Å². The second-order valence-corrected chi connectivity index (χ2v) is 8.65. The van der Waals surface area contributed by atoms with E-state index in [9.17, 15) is 15.3 Å². The number of methoxy groups -OCH3 is 2. The number of nitriles is 2. The maximum absolute atomic E-state index is 14.0. The standard InChI is InChI=1S/C29H23N3O3/c1-34-23-13-12-21(16-24(23)35-2)25-26(27(33)20-9-4-3-5-10-20)32-15-14-19-8-6-7-11-22(19)28(32)29(25,17-30)18-31/h3-16,25-26,28H,1-2H3. The fourth-order valence-corrected chi connectivity index (χ4v) is 5.49. The first-order valence-electron chi connectivity index (χ1n) is 11.3. The Labute approximate surface area is 204 Å². The summed E-state index contributed by atoms with van der Waals surface area (Å²) in [6.45, 7) is 0. The molecule has 0 bridgehead atoms. The van der Waals surface area contributed by atoms with Gasteiger partial charge in [-0.25, -0.2) is 0 Å². The van der Waals surface area contributed by atoms with Gasteiger partial charge in [-0.15, -0.1) is 0 Å². The number of nitrogens with zero attached hydrogens (tertiary/aromatic N) is 3. The molecule has 0 N–H and O–H groups in total. The van der Waals surface area contributed by atoms with Crippen LogP contribution in [-0.2, 0) is 0 Å². The van der Waals surface area contributed by atoms with Crippen LogP contribution in [0.25, 0.3) is 6.08 Å². The second-order valence-electron chi connectivity index (χ2n) is 8.65. The Bertz CT molecular complexity index is 1390. The predicted octanol–water partition coefficient (Wildman–Crippen LogP) is 5.11. The third-order valence-corrected chi connectivity index (χ3v) is 7.04. The molecule has 3 unspecified atom stereocenters. The first kappa shape index (κ1) is 22.3. The van der Waals surface area contributed by atoms with Crippen LogP contribution in [0.4, 0.5) is 0 Å². The van der Waals surface area contributed by atoms with Crippen LogP contribution >= 0.6 is 0 Å². The summed E-state index contributed by atoms with van der Waals surface area (Å²) in [6, 6.07) is 25.4. The molecule has 2 aliphatic heterocycles. The normalized spacial score (nSPS) is 21.3. The number of ketones is 1. The van der Waals surface area contributed by atoms with Gasteiger partial charge in [0, 0.05) is 17.7 Å². The maximum atomic E-state index is 14.0. The molecule has 3 aromatic rings. The van der Waals surface area contributed by atoms with Gasteiger partial charge in [0.15, 0.2) is 22.7 Å². The molecule has 3 aromatic carbocycles. The molecule has 0 saturated carbocycles. The molecule has 0 radical (unpaired) electrons. The molecule has 6 heteroatoms. The predicted molar refractivity (Wildman–Crippen MR) is 131 cm³/mol. The molecule has 172 valence electrons. The van der Waals surface area contributed by atoms with Crippen molar-refractivity contribution in [2.75, 3.05) is 14.2 Å². The van der Waals surface area contributed by atoms with Crippen LogP contribution in [0.5, 0.6) is 11.5 Å². The van der Waals surface area contributed by atoms with Crippen molar-refractivity contribution < 1.29 is 14.3 Å². The van der Waals surface area contributed by atoms with E-state index >= 15 is 0 Å². The molecule has 3 atom stereocenters. The summed E-state index contributed by atoms with van der Waals surface area (Å²) in [7, 11) is 3.08. The highest BCUT2D eigenvalue weighted by Crippen LogP contribution is 2.60. The number of fused-ring (bicyclic) bond motifs is 3. The summed E-state index contributed by atoms with van der Waals surface area (Å²) in [4.78, 5) is 15.9. The molecule has 6 nitrogen and oxygen atoms in total. The maximum Gasteiger partial charge on any atom is 0.185 e. The number of Topliss-reactive ketones (excluding diaryl/α,β-unsaturated/α-hetero) is 1. The summed E-state index contributed by atoms with van der Waals surface area (Å²) in [5, 5.41) is 21.2. The number of rotatable bonds is 5. The van der Waals surface area contributed by atoms with Crippen LogP contribution in [0.1, 0.15) is 39.0 Å². The minimum atomic E-state index is -1.53. The van der Waals surface area contributed by atoms with Crippen LogP contribution in [-0.4, -0.2) is 30.9 Å². The van der Waals surface area contributed by atoms with Crippen molar-refractivity contribution in [2.24, 2.45) is 5.41 Å². The summed E-state index contributed by atoms with van der Waals surface area (Å²) < 4.78 is 10.9. The van der Waals surface area contributed by atoms with E-state index in [0.717, 1.165) is 11.1 Å². The molecule has 35 heavy (non-hydrogen) atoms. The lowest BCUT2D eigenvalue weighted by Gasteiger charge is -2.34. The third kappa shape index (κ3) is 3.26. The van der Waals surface area contributed by atoms with Crippen LogP contribution in [0.3, 0.4) is 0 Å². The van der Waals surface area contributed by atoms with Crippen molar-refractivity contribution in [1.82, 2.24) is 4.90 Å². The third-order valence-electron chi connectivity index (χ3n) is 7.04. The quantitative estimate of drug-likeness (QED) is 0.491. The molecule has 0 aliphatic carbocycles. The van der Waals surface area contributed by atoms with Crippen LogP contribution in [0.15, 0.2) is 79.0 Å². The van der Waals surface area contributed by atoms with Crippen LogP contribution in [0, 0.1) is 28.1 Å². The van der Waals surface area contributed by atoms with Gasteiger partial charge < -0.3 is 14.4 Å². The van der Waals surface area contributed by atoms with Gasteiger partial charge in [-0.3, -0.25) is 4.79 Å². The lowest BCUT2D eigenvalue weighted by atomic mass is 9.67. The highest BCUT2D eigenvalue weighted by Gasteiger charge is 2.63. The number of ether oxygens (including phenoxy) is 2. The zero-order chi connectivity index (χ0) is 24.6. The van der Waals surface area contributed by atoms with Crippen molar-refractivity contribution in [3.8, 4) is 23.6 Å². The molecule has 0 aromatic heterocycles. The van der Waals surface area contributed by atoms with Crippen molar-refractivity contribution in [3.05, 3.63) is 101 Å². The van der Waals surface area contributed by atoms with Gasteiger partial charge >= 0.3 is 0 Å². The fraction of sp³-hybridized carbons (Fsp3) is 0.207. The van der Waals surface area contributed by atoms with Crippen molar-refractivity contribution in [1.29, 1.82) is 10.5 Å². The van der Waals surface area contributed by atoms with Gasteiger partial charge in [-0.1, -0.05) is 60.7 Å². The Balaban J connectivity index is 1.78. The fourth-order valence-electron chi connectivity index (χ4n) is 5.49. The van der Waals surface area contributed by atoms with Crippen LogP contribution in [0.2, 0.25) is 0 Å². The first-order chi connectivity index (χ1) is 17.1. The monoisotopic (exact) mass is 461 g/mol. The van der Waals surface area contributed by atoms with Gasteiger partial charge in [-0.05, 0) is 34.9 Å². The summed E-state index contributed by atoms with van der Waals surface area (Å²) >= 11 is 0. The zero-order valence-corrected chi connectivity index (χ0v) is 19.4. The van der Waals surface area contributed by atoms with Crippen LogP contribution < -0.4 is 9.47 Å². The Morgan fingerprint density at radius 3 is 2.29 bits per heavy atom. The van der Waals surface area contributed by atoms with E-state index in [1.807, 2.05) is 65.7 Å². The Morgan fingerprint density at radius 1 is 0.914 bits per heavy atom. The highest BCUT2D eigenvalue weighted by atomic mass is 16.5. The van der Waals surface area contributed by atoms with E-state index in [-0.39, 0.29) is 5.78 Å². The lowest BCUT2D eigenvalue weighted by molar-refractivity contribution is 0.0874. The number of benzene rings is 3. The average Bonchev–Trinajstić information content (AvgIpc) is 3.23. The van der Waals surface area contributed by atoms with Gasteiger partial charge in [0.25, 0.3) is 0 Å². The Kier molecular flexibility index (Phi) is 5.51. The van der Waals surface area contributed by atoms with E-state index in [4.69, 9.17) is 9.47 Å². The van der Waals surface area contributed by atoms with Crippen molar-refractivity contribution >= 4 is 11.9 Å². The first-order valence-corrected chi connectivity index (χ1v) is 11.3. The number of carbonyl (C=O) groups excluding carboxylic acids is 1. The molecule has 1 saturated heterocycles. The minimum absolute atomic E-state index is 0.146. The number of hydrogen-bond acceptors (Lipinski definition) is 6. The van der Waals surface area contributed by atoms with E-state index in [1.165, 1.54) is 7.11 Å². The molecule has 2 heterocycles. The van der Waals surface area contributed by atoms with E-state index in [1.54, 1.807) is 31.4 Å². The van der Waals surface area contributed by atoms with Crippen molar-refractivity contribution in [3.63, 3.8) is 0 Å². The lowest BCUT2D eigenvalue weighted by Crippen LogP contribution is -2.37. The molecule has 5 rings (SSSR count). The molecule has 1 fully saturated rings. The smallest absolute Gasteiger partial charge is 0.185 e.